The molecule has 0 unspecified atom stereocenters. The number of nitrogens with two attached hydrogens (primary N) is 2. The van der Waals surface area contributed by atoms with Gasteiger partial charge < -0.3 is 22.1 Å². The van der Waals surface area contributed by atoms with E-state index < -0.39 is 0 Å². The van der Waals surface area contributed by atoms with E-state index in [1.54, 1.807) is 0 Å². The van der Waals surface area contributed by atoms with Crippen LogP contribution < -0.4 is 22.1 Å². The normalized spacial score (nSPS) is 10.8. The van der Waals surface area contributed by atoms with Crippen LogP contribution in [0.25, 0.3) is 0 Å². The first-order valence-electron chi connectivity index (χ1n) is 11.7. The maximum Gasteiger partial charge on any atom is 0.219 e. The quantitative estimate of drug-likeness (QED) is 0.134. The van der Waals surface area contributed by atoms with Crippen LogP contribution in [0.3, 0.4) is 0 Å². The van der Waals surface area contributed by atoms with E-state index in [9.17, 15) is 4.79 Å². The molecule has 166 valence electrons. The fraction of sp³-hybridized carbons (Fsp3) is 0.909. The SMILES string of the molecule is CCCCCCCCCCCCCCC(=O)NCCCNCCCN=C(N)N. The zero-order chi connectivity index (χ0) is 20.7. The minimum Gasteiger partial charge on any atom is -0.370 e. The molecule has 0 rings (SSSR count). The van der Waals surface area contributed by atoms with Crippen LogP contribution in [0.2, 0.25) is 0 Å². The molecule has 0 saturated heterocycles. The molecule has 0 aliphatic rings. The number of nitrogens with zero attached hydrogens (tertiary/aromatic N) is 1. The predicted octanol–water partition coefficient (Wildman–Crippen LogP) is 3.84. The summed E-state index contributed by atoms with van der Waals surface area (Å²) in [6, 6.07) is 0. The van der Waals surface area contributed by atoms with Crippen LogP contribution in [0, 0.1) is 0 Å². The van der Waals surface area contributed by atoms with E-state index in [1.165, 1.54) is 70.6 Å². The summed E-state index contributed by atoms with van der Waals surface area (Å²) in [7, 11) is 0. The minimum atomic E-state index is 0.149. The highest BCUT2D eigenvalue weighted by Crippen LogP contribution is 2.12. The molecule has 0 aliphatic carbocycles. The van der Waals surface area contributed by atoms with Gasteiger partial charge in [-0.25, -0.2) is 0 Å². The van der Waals surface area contributed by atoms with Gasteiger partial charge in [0.1, 0.15) is 0 Å². The Morgan fingerprint density at radius 3 is 1.82 bits per heavy atom. The number of hydrogen-bond donors (Lipinski definition) is 4. The first kappa shape index (κ1) is 26.7. The van der Waals surface area contributed by atoms with E-state index in [1.807, 2.05) is 0 Å². The van der Waals surface area contributed by atoms with Gasteiger partial charge in [0, 0.05) is 19.5 Å². The van der Waals surface area contributed by atoms with E-state index in [0.29, 0.717) is 13.0 Å². The van der Waals surface area contributed by atoms with Crippen molar-refractivity contribution in [3.63, 3.8) is 0 Å². The molecular formula is C22H47N5O. The van der Waals surface area contributed by atoms with Crippen molar-refractivity contribution < 1.29 is 4.79 Å². The molecule has 1 amide bonds. The molecule has 0 fully saturated rings. The number of nitrogens with one attached hydrogen (secondary N) is 2. The lowest BCUT2D eigenvalue weighted by Crippen LogP contribution is -2.27. The third kappa shape index (κ3) is 22.7. The summed E-state index contributed by atoms with van der Waals surface area (Å²) >= 11 is 0. The van der Waals surface area contributed by atoms with E-state index in [2.05, 4.69) is 22.5 Å². The highest BCUT2D eigenvalue weighted by molar-refractivity contribution is 5.76. The maximum atomic E-state index is 11.8. The summed E-state index contributed by atoms with van der Waals surface area (Å²) in [4.78, 5) is 15.7. The summed E-state index contributed by atoms with van der Waals surface area (Å²) in [6.45, 7) is 5.47. The number of unbranched alkanes of at least 4 members (excludes halogenated alkanes) is 11. The summed E-state index contributed by atoms with van der Waals surface area (Å²) in [5, 5.41) is 6.33. The lowest BCUT2D eigenvalue weighted by Gasteiger charge is -2.06. The van der Waals surface area contributed by atoms with Gasteiger partial charge in [-0.1, -0.05) is 77.6 Å². The summed E-state index contributed by atoms with van der Waals surface area (Å²) in [5.74, 6) is 0.343. The molecule has 0 saturated carbocycles. The second-order valence-corrected chi connectivity index (χ2v) is 7.75. The first-order valence-corrected chi connectivity index (χ1v) is 11.7. The molecule has 6 nitrogen and oxygen atoms in total. The number of rotatable bonds is 21. The average Bonchev–Trinajstić information content (AvgIpc) is 2.67. The zero-order valence-electron chi connectivity index (χ0n) is 18.4. The highest BCUT2D eigenvalue weighted by Gasteiger charge is 2.00. The molecule has 6 heteroatoms. The standard InChI is InChI=1S/C22H47N5O/c1-2-3-4-5-6-7-8-9-10-11-12-13-16-21(28)26-19-14-17-25-18-15-20-27-22(23)24/h25H,2-20H2,1H3,(H,26,28)(H4,23,24,27). The molecule has 6 N–H and O–H groups in total. The van der Waals surface area contributed by atoms with Crippen molar-refractivity contribution in [3.8, 4) is 0 Å². The maximum absolute atomic E-state index is 11.8. The van der Waals surface area contributed by atoms with E-state index >= 15 is 0 Å². The number of amides is 1. The molecule has 0 heterocycles. The molecule has 0 bridgehead atoms. The Bertz CT molecular complexity index is 370. The van der Waals surface area contributed by atoms with Gasteiger partial charge in [-0.2, -0.15) is 0 Å². The average molecular weight is 398 g/mol. The Labute approximate surface area is 173 Å². The Morgan fingerprint density at radius 2 is 1.25 bits per heavy atom. The Morgan fingerprint density at radius 1 is 0.714 bits per heavy atom. The van der Waals surface area contributed by atoms with Crippen LogP contribution in [0.4, 0.5) is 0 Å². The second kappa shape index (κ2) is 22.0. The van der Waals surface area contributed by atoms with Gasteiger partial charge in [0.2, 0.25) is 5.91 Å². The number of guanidine groups is 1. The van der Waals surface area contributed by atoms with Crippen LogP contribution in [0.1, 0.15) is 103 Å². The highest BCUT2D eigenvalue weighted by atomic mass is 16.1. The third-order valence-corrected chi connectivity index (χ3v) is 4.92. The van der Waals surface area contributed by atoms with Gasteiger partial charge in [-0.05, 0) is 32.4 Å². The number of carbonyl (C=O) groups is 1. The molecule has 0 aromatic heterocycles. The Balaban J connectivity index is 3.18. The topological polar surface area (TPSA) is 106 Å². The van der Waals surface area contributed by atoms with Crippen molar-refractivity contribution in [2.45, 2.75) is 103 Å². The summed E-state index contributed by atoms with van der Waals surface area (Å²) in [6.07, 6.45) is 18.4. The predicted molar refractivity (Wildman–Crippen MR) is 121 cm³/mol. The molecule has 0 aromatic rings. The number of carbonyl (C=O) groups excluding carboxylic acids is 1. The summed E-state index contributed by atoms with van der Waals surface area (Å²) < 4.78 is 0. The van der Waals surface area contributed by atoms with Gasteiger partial charge in [0.25, 0.3) is 0 Å². The minimum absolute atomic E-state index is 0.149. The Kier molecular flexibility index (Phi) is 21.0. The van der Waals surface area contributed by atoms with Crippen LogP contribution in [-0.2, 0) is 4.79 Å². The molecule has 0 atom stereocenters. The van der Waals surface area contributed by atoms with E-state index in [0.717, 1.165) is 38.9 Å². The van der Waals surface area contributed by atoms with E-state index in [-0.39, 0.29) is 11.9 Å². The lowest BCUT2D eigenvalue weighted by molar-refractivity contribution is -0.121. The molecule has 0 aliphatic heterocycles. The van der Waals surface area contributed by atoms with Crippen molar-refractivity contribution in [2.75, 3.05) is 26.2 Å². The largest absolute Gasteiger partial charge is 0.370 e. The van der Waals surface area contributed by atoms with Crippen LogP contribution in [0.15, 0.2) is 4.99 Å². The van der Waals surface area contributed by atoms with Gasteiger partial charge >= 0.3 is 0 Å². The Hall–Kier alpha value is -1.30. The fourth-order valence-corrected chi connectivity index (χ4v) is 3.19. The second-order valence-electron chi connectivity index (χ2n) is 7.75. The van der Waals surface area contributed by atoms with Crippen molar-refractivity contribution >= 4 is 11.9 Å². The molecule has 0 radical (unpaired) electrons. The number of aliphatic imine (C=N–C) groups is 1. The van der Waals surface area contributed by atoms with Gasteiger partial charge in [0.15, 0.2) is 5.96 Å². The first-order chi connectivity index (χ1) is 13.7. The molecule has 0 spiro atoms. The lowest BCUT2D eigenvalue weighted by atomic mass is 10.0. The van der Waals surface area contributed by atoms with E-state index in [4.69, 9.17) is 11.5 Å². The number of hydrogen-bond acceptors (Lipinski definition) is 3. The van der Waals surface area contributed by atoms with Crippen LogP contribution in [-0.4, -0.2) is 38.0 Å². The zero-order valence-corrected chi connectivity index (χ0v) is 18.4. The van der Waals surface area contributed by atoms with Crippen molar-refractivity contribution in [1.29, 1.82) is 0 Å². The van der Waals surface area contributed by atoms with Crippen molar-refractivity contribution in [1.82, 2.24) is 10.6 Å². The molecular weight excluding hydrogens is 350 g/mol. The monoisotopic (exact) mass is 397 g/mol. The molecule has 0 aromatic carbocycles. The van der Waals surface area contributed by atoms with Gasteiger partial charge in [-0.3, -0.25) is 9.79 Å². The van der Waals surface area contributed by atoms with Crippen molar-refractivity contribution in [2.24, 2.45) is 16.5 Å². The van der Waals surface area contributed by atoms with Crippen LogP contribution >= 0.6 is 0 Å². The van der Waals surface area contributed by atoms with Crippen molar-refractivity contribution in [3.05, 3.63) is 0 Å². The summed E-state index contributed by atoms with van der Waals surface area (Å²) in [5.41, 5.74) is 10.5. The third-order valence-electron chi connectivity index (χ3n) is 4.92. The molecule has 28 heavy (non-hydrogen) atoms. The smallest absolute Gasteiger partial charge is 0.219 e. The van der Waals surface area contributed by atoms with Gasteiger partial charge in [0.05, 0.1) is 0 Å². The van der Waals surface area contributed by atoms with Gasteiger partial charge in [-0.15, -0.1) is 0 Å². The fourth-order valence-electron chi connectivity index (χ4n) is 3.19. The van der Waals surface area contributed by atoms with Crippen LogP contribution in [0.5, 0.6) is 0 Å².